The van der Waals surface area contributed by atoms with Crippen LogP contribution in [0.3, 0.4) is 0 Å². The van der Waals surface area contributed by atoms with Gasteiger partial charge in [0.15, 0.2) is 16.6 Å². The lowest BCUT2D eigenvalue weighted by Crippen LogP contribution is -2.45. The summed E-state index contributed by atoms with van der Waals surface area (Å²) in [5.74, 6) is -1.44. The zero-order valence-corrected chi connectivity index (χ0v) is 28.8. The van der Waals surface area contributed by atoms with E-state index in [1.54, 1.807) is 0 Å². The van der Waals surface area contributed by atoms with Gasteiger partial charge in [-0.1, -0.05) is 81.8 Å². The molecule has 0 bridgehead atoms. The van der Waals surface area contributed by atoms with E-state index >= 15 is 0 Å². The lowest BCUT2D eigenvalue weighted by atomic mass is 9.90. The van der Waals surface area contributed by atoms with Gasteiger partial charge in [0.1, 0.15) is 0 Å². The van der Waals surface area contributed by atoms with Crippen molar-refractivity contribution >= 4 is 38.5 Å². The maximum atomic E-state index is 11.7. The molecule has 1 saturated carbocycles. The van der Waals surface area contributed by atoms with E-state index in [0.29, 0.717) is 6.42 Å². The summed E-state index contributed by atoms with van der Waals surface area (Å²) in [5, 5.41) is 20.6. The average Bonchev–Trinajstić information content (AvgIpc) is 3.01. The molecule has 0 amide bonds. The second-order valence-corrected chi connectivity index (χ2v) is 24.5. The first-order chi connectivity index (χ1) is 17.2. The maximum absolute atomic E-state index is 11.7. The molecule has 1 aromatic rings. The number of aryl methyl sites for hydroxylation is 1. The highest BCUT2D eigenvalue weighted by Gasteiger charge is 2.48. The summed E-state index contributed by atoms with van der Waals surface area (Å²) in [4.78, 5) is 11.7. The van der Waals surface area contributed by atoms with Crippen LogP contribution >= 0.6 is 15.9 Å². The zero-order chi connectivity index (χ0) is 29.1. The van der Waals surface area contributed by atoms with Gasteiger partial charge in [-0.15, -0.1) is 0 Å². The van der Waals surface area contributed by atoms with Crippen LogP contribution in [0.1, 0.15) is 66.4 Å². The first-order valence-electron chi connectivity index (χ1n) is 13.9. The summed E-state index contributed by atoms with van der Waals surface area (Å²) in [6.07, 6.45) is 5.34. The molecular formula is C30H51BrO5Si2. The number of carboxylic acids is 1. The second kappa shape index (κ2) is 12.8. The summed E-state index contributed by atoms with van der Waals surface area (Å²) < 4.78 is 14.7. The van der Waals surface area contributed by atoms with E-state index in [0.717, 1.165) is 17.3 Å². The molecule has 0 aromatic heterocycles. The normalized spacial score (nSPS) is 24.2. The Labute approximate surface area is 241 Å². The van der Waals surface area contributed by atoms with Crippen LogP contribution < -0.4 is 0 Å². The molecule has 2 rings (SSSR count). The maximum Gasteiger partial charge on any atom is 0.303 e. The van der Waals surface area contributed by atoms with Crippen molar-refractivity contribution in [3.8, 4) is 0 Å². The van der Waals surface area contributed by atoms with Crippen molar-refractivity contribution < 1.29 is 23.9 Å². The molecule has 0 radical (unpaired) electrons. The van der Waals surface area contributed by atoms with Crippen LogP contribution in [0.25, 0.3) is 0 Å². The molecule has 0 saturated heterocycles. The van der Waals surface area contributed by atoms with E-state index in [1.165, 1.54) is 5.56 Å². The second-order valence-electron chi connectivity index (χ2n) is 14.0. The van der Waals surface area contributed by atoms with E-state index in [-0.39, 0.29) is 40.5 Å². The highest BCUT2D eigenvalue weighted by atomic mass is 79.9. The van der Waals surface area contributed by atoms with Crippen LogP contribution in [0.15, 0.2) is 40.9 Å². The molecule has 1 aliphatic carbocycles. The molecule has 0 aliphatic heterocycles. The monoisotopic (exact) mass is 626 g/mol. The number of rotatable bonds is 11. The lowest BCUT2D eigenvalue weighted by Gasteiger charge is -2.40. The van der Waals surface area contributed by atoms with Crippen molar-refractivity contribution in [3.63, 3.8) is 0 Å². The van der Waals surface area contributed by atoms with Gasteiger partial charge in [-0.05, 0) is 73.2 Å². The summed E-state index contributed by atoms with van der Waals surface area (Å²) >= 11 is 3.57. The molecule has 5 nitrogen and oxygen atoms in total. The van der Waals surface area contributed by atoms with Gasteiger partial charge in [-0.25, -0.2) is 0 Å². The Bertz CT molecular complexity index is 964. The van der Waals surface area contributed by atoms with Gasteiger partial charge in [0, 0.05) is 16.3 Å². The third-order valence-corrected chi connectivity index (χ3v) is 18.5. The summed E-state index contributed by atoms with van der Waals surface area (Å²) in [7, 11) is -4.18. The third kappa shape index (κ3) is 9.13. The minimum absolute atomic E-state index is 0.0229. The Morgan fingerprint density at radius 1 is 1.11 bits per heavy atom. The summed E-state index contributed by atoms with van der Waals surface area (Å²) in [6, 6.07) is 8.37. The number of carboxylic acid groups (broad SMARTS) is 1. The first kappa shape index (κ1) is 33.4. The molecule has 0 heterocycles. The molecule has 216 valence electrons. The van der Waals surface area contributed by atoms with E-state index in [4.69, 9.17) is 8.85 Å². The van der Waals surface area contributed by atoms with Gasteiger partial charge in [0.05, 0.1) is 24.7 Å². The number of aliphatic carboxylic acids is 1. The number of benzene rings is 1. The Morgan fingerprint density at radius 3 is 2.24 bits per heavy atom. The standard InChI is InChI=1S/C30H51BrO5Si2/c1-29(2,3)37(7,8)35-23(15-14-21-12-11-13-22(31)18-21)16-17-24-25(19-28(33)34)26(32)20-27(24)36-38(9,10)30(4,5)6/h11-13,16-18,23-27,32H,14-15,19-20H2,1-10H3,(H,33,34)/b17-16+/t23-,24-,25-,26+,27-/m1/s1. The van der Waals surface area contributed by atoms with Crippen LogP contribution in [0.4, 0.5) is 0 Å². The molecular weight excluding hydrogens is 576 g/mol. The number of hydrogen-bond donors (Lipinski definition) is 2. The Morgan fingerprint density at radius 2 is 1.71 bits per heavy atom. The Balaban J connectivity index is 2.38. The molecule has 0 spiro atoms. The summed E-state index contributed by atoms with van der Waals surface area (Å²) in [6.45, 7) is 22.3. The van der Waals surface area contributed by atoms with E-state index < -0.39 is 28.7 Å². The minimum atomic E-state index is -2.12. The minimum Gasteiger partial charge on any atom is -0.481 e. The van der Waals surface area contributed by atoms with Crippen molar-refractivity contribution in [2.24, 2.45) is 11.8 Å². The van der Waals surface area contributed by atoms with Crippen molar-refractivity contribution in [2.75, 3.05) is 0 Å². The van der Waals surface area contributed by atoms with Crippen molar-refractivity contribution in [1.82, 2.24) is 0 Å². The smallest absolute Gasteiger partial charge is 0.303 e. The number of halogens is 1. The van der Waals surface area contributed by atoms with Gasteiger partial charge in [0.2, 0.25) is 0 Å². The molecule has 8 heteroatoms. The van der Waals surface area contributed by atoms with E-state index in [1.807, 2.05) is 6.07 Å². The van der Waals surface area contributed by atoms with Gasteiger partial charge in [-0.2, -0.15) is 0 Å². The average molecular weight is 628 g/mol. The SMILES string of the molecule is CC(C)(C)[Si](C)(C)O[C@@H](/C=C/[C@@H]1[C@@H](CC(=O)O)[C@@H](O)C[C@H]1O[Si](C)(C)C(C)(C)C)CCc1cccc(Br)c1. The topological polar surface area (TPSA) is 76.0 Å². The van der Waals surface area contributed by atoms with E-state index in [2.05, 4.69) is 114 Å². The molecule has 0 unspecified atom stereocenters. The van der Waals surface area contributed by atoms with Crippen LogP contribution in [0.5, 0.6) is 0 Å². The molecule has 5 atom stereocenters. The van der Waals surface area contributed by atoms with Crippen molar-refractivity contribution in [3.05, 3.63) is 46.5 Å². The fraction of sp³-hybridized carbons (Fsp3) is 0.700. The number of hydrogen-bond acceptors (Lipinski definition) is 4. The van der Waals surface area contributed by atoms with Gasteiger partial charge in [0.25, 0.3) is 0 Å². The first-order valence-corrected chi connectivity index (χ1v) is 20.5. The number of aliphatic hydroxyl groups excluding tert-OH is 1. The van der Waals surface area contributed by atoms with Crippen molar-refractivity contribution in [2.45, 2.75) is 122 Å². The highest BCUT2D eigenvalue weighted by molar-refractivity contribution is 9.10. The Hall–Kier alpha value is -0.776. The van der Waals surface area contributed by atoms with Gasteiger partial charge >= 0.3 is 5.97 Å². The van der Waals surface area contributed by atoms with Crippen LogP contribution in [0, 0.1) is 11.8 Å². The predicted octanol–water partition coefficient (Wildman–Crippen LogP) is 8.19. The number of aliphatic hydroxyl groups is 1. The van der Waals surface area contributed by atoms with Crippen LogP contribution in [-0.2, 0) is 20.1 Å². The largest absolute Gasteiger partial charge is 0.481 e. The quantitative estimate of drug-likeness (QED) is 0.191. The summed E-state index contributed by atoms with van der Waals surface area (Å²) in [5.41, 5.74) is 1.25. The number of carbonyl (C=O) groups is 1. The van der Waals surface area contributed by atoms with Crippen LogP contribution in [-0.4, -0.2) is 51.1 Å². The molecule has 2 N–H and O–H groups in total. The van der Waals surface area contributed by atoms with Gasteiger partial charge in [-0.3, -0.25) is 4.79 Å². The van der Waals surface area contributed by atoms with Crippen molar-refractivity contribution in [1.29, 1.82) is 0 Å². The van der Waals surface area contributed by atoms with Gasteiger partial charge < -0.3 is 19.1 Å². The third-order valence-electron chi connectivity index (χ3n) is 8.96. The molecule has 1 aliphatic rings. The van der Waals surface area contributed by atoms with Crippen LogP contribution in [0.2, 0.25) is 36.3 Å². The fourth-order valence-corrected chi connectivity index (χ4v) is 7.65. The lowest BCUT2D eigenvalue weighted by molar-refractivity contribution is -0.139. The molecule has 1 aromatic carbocycles. The molecule has 1 fully saturated rings. The molecule has 38 heavy (non-hydrogen) atoms. The fourth-order valence-electron chi connectivity index (χ4n) is 4.53. The van der Waals surface area contributed by atoms with E-state index in [9.17, 15) is 15.0 Å². The Kier molecular flexibility index (Phi) is 11.3. The zero-order valence-electron chi connectivity index (χ0n) is 25.2. The predicted molar refractivity (Wildman–Crippen MR) is 166 cm³/mol. The highest BCUT2D eigenvalue weighted by Crippen LogP contribution is 2.44.